The van der Waals surface area contributed by atoms with Gasteiger partial charge in [0, 0.05) is 15.9 Å². The van der Waals surface area contributed by atoms with Gasteiger partial charge in [-0.05, 0) is 77.1 Å². The molecule has 0 N–H and O–H groups in total. The Kier molecular flexibility index (Phi) is 6.17. The van der Waals surface area contributed by atoms with E-state index >= 15 is 4.57 Å². The number of rotatable bonds is 4. The van der Waals surface area contributed by atoms with Crippen LogP contribution in [0, 0.1) is 0 Å². The first-order valence-electron chi connectivity index (χ1n) is 15.7. The van der Waals surface area contributed by atoms with Crippen molar-refractivity contribution >= 4 is 76.9 Å². The maximum atomic E-state index is 15.6. The average Bonchev–Trinajstić information content (AvgIpc) is 3.14. The van der Waals surface area contributed by atoms with Crippen LogP contribution in [0.5, 0.6) is 0 Å². The fourth-order valence-electron chi connectivity index (χ4n) is 7.49. The van der Waals surface area contributed by atoms with Gasteiger partial charge in [0.15, 0.2) is 7.14 Å². The third kappa shape index (κ3) is 3.92. The quantitative estimate of drug-likeness (QED) is 0.111. The zero-order valence-electron chi connectivity index (χ0n) is 25.1. The predicted octanol–water partition coefficient (Wildman–Crippen LogP) is 10.8. The first-order valence-corrected chi connectivity index (χ1v) is 17.4. The number of hydrogen-bond donors (Lipinski definition) is 0. The highest BCUT2D eigenvalue weighted by molar-refractivity contribution is 7.85. The third-order valence-corrected chi connectivity index (χ3v) is 12.6. The monoisotopic (exact) mass is 604 g/mol. The van der Waals surface area contributed by atoms with Gasteiger partial charge in [-0.1, -0.05) is 164 Å². The number of fused-ring (bicyclic) bond motifs is 8. The highest BCUT2D eigenvalue weighted by Crippen LogP contribution is 2.48. The Morgan fingerprint density at radius 3 is 1.43 bits per heavy atom. The summed E-state index contributed by atoms with van der Waals surface area (Å²) >= 11 is 0. The van der Waals surface area contributed by atoms with E-state index in [2.05, 4.69) is 115 Å². The SMILES string of the molecule is O=P(c1ccccc1)(c1ccccc1)c1ccc(-c2c3ccccc3cc3c4ccccc4c4ccccc4c23)c2ccccc12. The smallest absolute Gasteiger partial charge is 0.171 e. The lowest BCUT2D eigenvalue weighted by Crippen LogP contribution is -2.25. The fourth-order valence-corrected chi connectivity index (χ4v) is 10.3. The van der Waals surface area contributed by atoms with E-state index in [1.165, 1.54) is 48.7 Å². The van der Waals surface area contributed by atoms with Crippen molar-refractivity contribution in [3.63, 3.8) is 0 Å². The third-order valence-electron chi connectivity index (χ3n) is 9.50. The molecule has 0 saturated heterocycles. The molecule has 0 spiro atoms. The lowest BCUT2D eigenvalue weighted by Gasteiger charge is -2.23. The fraction of sp³-hybridized carbons (Fsp3) is 0. The molecular weight excluding hydrogens is 575 g/mol. The van der Waals surface area contributed by atoms with Crippen molar-refractivity contribution in [3.8, 4) is 11.1 Å². The van der Waals surface area contributed by atoms with Gasteiger partial charge in [-0.3, -0.25) is 0 Å². The molecule has 0 radical (unpaired) electrons. The summed E-state index contributed by atoms with van der Waals surface area (Å²) in [7, 11) is -3.20. The Morgan fingerprint density at radius 1 is 0.348 bits per heavy atom. The highest BCUT2D eigenvalue weighted by atomic mass is 31.2. The molecule has 46 heavy (non-hydrogen) atoms. The molecule has 0 saturated carbocycles. The van der Waals surface area contributed by atoms with Crippen LogP contribution in [0.3, 0.4) is 0 Å². The molecular formula is C44H29OP. The normalized spacial score (nSPS) is 12.0. The van der Waals surface area contributed by atoms with Gasteiger partial charge < -0.3 is 4.57 Å². The van der Waals surface area contributed by atoms with Gasteiger partial charge in [0.1, 0.15) is 0 Å². The van der Waals surface area contributed by atoms with Gasteiger partial charge in [0.05, 0.1) is 0 Å². The zero-order valence-corrected chi connectivity index (χ0v) is 26.0. The van der Waals surface area contributed by atoms with Crippen LogP contribution in [-0.4, -0.2) is 0 Å². The Bertz CT molecular complexity index is 2610. The predicted molar refractivity (Wildman–Crippen MR) is 199 cm³/mol. The molecule has 9 rings (SSSR count). The van der Waals surface area contributed by atoms with E-state index in [-0.39, 0.29) is 0 Å². The van der Waals surface area contributed by atoms with Crippen molar-refractivity contribution in [1.29, 1.82) is 0 Å². The van der Waals surface area contributed by atoms with Crippen LogP contribution in [0.2, 0.25) is 0 Å². The molecule has 0 unspecified atom stereocenters. The Balaban J connectivity index is 1.45. The van der Waals surface area contributed by atoms with Crippen LogP contribution in [0.25, 0.3) is 65.0 Å². The van der Waals surface area contributed by atoms with Crippen LogP contribution in [0.15, 0.2) is 176 Å². The molecule has 0 amide bonds. The lowest BCUT2D eigenvalue weighted by molar-refractivity contribution is 0.592. The van der Waals surface area contributed by atoms with E-state index in [0.717, 1.165) is 32.2 Å². The van der Waals surface area contributed by atoms with Crippen LogP contribution in [0.1, 0.15) is 0 Å². The van der Waals surface area contributed by atoms with E-state index in [4.69, 9.17) is 0 Å². The zero-order chi connectivity index (χ0) is 30.7. The molecule has 0 aliphatic heterocycles. The van der Waals surface area contributed by atoms with Crippen molar-refractivity contribution in [2.45, 2.75) is 0 Å². The second-order valence-electron chi connectivity index (χ2n) is 11.9. The summed E-state index contributed by atoms with van der Waals surface area (Å²) in [5.41, 5.74) is 2.36. The topological polar surface area (TPSA) is 17.1 Å². The molecule has 216 valence electrons. The van der Waals surface area contributed by atoms with Gasteiger partial charge in [0.2, 0.25) is 0 Å². The van der Waals surface area contributed by atoms with E-state index in [1.807, 2.05) is 60.7 Å². The Morgan fingerprint density at radius 2 is 0.804 bits per heavy atom. The molecule has 0 aromatic heterocycles. The van der Waals surface area contributed by atoms with Gasteiger partial charge in [-0.2, -0.15) is 0 Å². The average molecular weight is 605 g/mol. The van der Waals surface area contributed by atoms with Crippen molar-refractivity contribution in [2.75, 3.05) is 0 Å². The van der Waals surface area contributed by atoms with Gasteiger partial charge >= 0.3 is 0 Å². The second kappa shape index (κ2) is 10.6. The minimum Gasteiger partial charge on any atom is -0.309 e. The molecule has 0 atom stereocenters. The first-order chi connectivity index (χ1) is 22.7. The molecule has 1 nitrogen and oxygen atoms in total. The highest BCUT2D eigenvalue weighted by Gasteiger charge is 2.32. The molecule has 2 heteroatoms. The molecule has 0 bridgehead atoms. The molecule has 9 aromatic rings. The van der Waals surface area contributed by atoms with Crippen LogP contribution < -0.4 is 15.9 Å². The summed E-state index contributed by atoms with van der Waals surface area (Å²) in [5.74, 6) is 0. The van der Waals surface area contributed by atoms with Crippen LogP contribution in [0.4, 0.5) is 0 Å². The van der Waals surface area contributed by atoms with Crippen molar-refractivity contribution < 1.29 is 4.57 Å². The summed E-state index contributed by atoms with van der Waals surface area (Å²) < 4.78 is 15.6. The van der Waals surface area contributed by atoms with Crippen molar-refractivity contribution in [3.05, 3.63) is 176 Å². The Labute approximate surface area is 267 Å². The van der Waals surface area contributed by atoms with Gasteiger partial charge in [-0.15, -0.1) is 0 Å². The molecule has 9 aromatic carbocycles. The second-order valence-corrected chi connectivity index (χ2v) is 14.7. The number of benzene rings is 9. The summed E-state index contributed by atoms with van der Waals surface area (Å²) in [4.78, 5) is 0. The van der Waals surface area contributed by atoms with Crippen molar-refractivity contribution in [1.82, 2.24) is 0 Å². The minimum absolute atomic E-state index is 0.840. The van der Waals surface area contributed by atoms with Gasteiger partial charge in [-0.25, -0.2) is 0 Å². The summed E-state index contributed by atoms with van der Waals surface area (Å²) in [5, 5.41) is 14.6. The largest absolute Gasteiger partial charge is 0.309 e. The van der Waals surface area contributed by atoms with E-state index in [9.17, 15) is 0 Å². The molecule has 0 heterocycles. The lowest BCUT2D eigenvalue weighted by atomic mass is 9.85. The number of hydrogen-bond acceptors (Lipinski definition) is 1. The van der Waals surface area contributed by atoms with Gasteiger partial charge in [0.25, 0.3) is 0 Å². The van der Waals surface area contributed by atoms with E-state index < -0.39 is 7.14 Å². The summed E-state index contributed by atoms with van der Waals surface area (Å²) in [6.07, 6.45) is 0. The first kappa shape index (κ1) is 26.9. The van der Waals surface area contributed by atoms with E-state index in [1.54, 1.807) is 0 Å². The summed E-state index contributed by atoms with van der Waals surface area (Å²) in [6, 6.07) is 61.4. The van der Waals surface area contributed by atoms with Crippen LogP contribution in [-0.2, 0) is 4.57 Å². The molecule has 0 aliphatic rings. The summed E-state index contributed by atoms with van der Waals surface area (Å²) in [6.45, 7) is 0. The van der Waals surface area contributed by atoms with Crippen molar-refractivity contribution in [2.24, 2.45) is 0 Å². The maximum Gasteiger partial charge on any atom is 0.171 e. The molecule has 0 fully saturated rings. The minimum atomic E-state index is -3.20. The van der Waals surface area contributed by atoms with E-state index in [0.29, 0.717) is 0 Å². The van der Waals surface area contributed by atoms with Crippen LogP contribution >= 0.6 is 7.14 Å². The molecule has 0 aliphatic carbocycles. The standard InChI is InChI=1S/C44H29OP/c45-46(31-16-3-1-4-17-31,32-18-5-2-6-19-32)42-28-27-40(37-24-11-13-25-38(37)42)43-33-20-8-7-15-30(33)29-41-36-23-10-9-21-34(36)35-22-12-14-26-39(35)44(41)43/h1-29H. The Hall–Kier alpha value is -5.49. The maximum absolute atomic E-state index is 15.6.